The van der Waals surface area contributed by atoms with Crippen molar-refractivity contribution in [1.82, 2.24) is 4.90 Å². The molecule has 0 spiro atoms. The van der Waals surface area contributed by atoms with Crippen LogP contribution in [0.2, 0.25) is 0 Å². The zero-order valence-electron chi connectivity index (χ0n) is 12.4. The quantitative estimate of drug-likeness (QED) is 0.785. The van der Waals surface area contributed by atoms with Gasteiger partial charge in [0.05, 0.1) is 6.10 Å². The van der Waals surface area contributed by atoms with Crippen molar-refractivity contribution in [3.05, 3.63) is 0 Å². The van der Waals surface area contributed by atoms with Gasteiger partial charge in [-0.2, -0.15) is 0 Å². The van der Waals surface area contributed by atoms with Crippen LogP contribution in [0.15, 0.2) is 0 Å². The predicted molar refractivity (Wildman–Crippen MR) is 76.6 cm³/mol. The number of nitrogens with zero attached hydrogens (tertiary/aromatic N) is 1. The molecule has 0 saturated heterocycles. The molecule has 18 heavy (non-hydrogen) atoms. The molecule has 0 heterocycles. The van der Waals surface area contributed by atoms with Crippen LogP contribution in [0, 0.1) is 17.8 Å². The lowest BCUT2D eigenvalue weighted by Crippen LogP contribution is -2.46. The maximum absolute atomic E-state index is 9.93. The highest BCUT2D eigenvalue weighted by Crippen LogP contribution is 2.35. The van der Waals surface area contributed by atoms with Gasteiger partial charge in [0, 0.05) is 6.04 Å². The van der Waals surface area contributed by atoms with Gasteiger partial charge in [0.25, 0.3) is 0 Å². The lowest BCUT2D eigenvalue weighted by molar-refractivity contribution is 0.0216. The van der Waals surface area contributed by atoms with Gasteiger partial charge in [0.1, 0.15) is 0 Å². The molecule has 0 aromatic rings. The normalized spacial score (nSPS) is 33.3. The van der Waals surface area contributed by atoms with Crippen molar-refractivity contribution in [3.63, 3.8) is 0 Å². The lowest BCUT2D eigenvalue weighted by Gasteiger charge is -2.42. The van der Waals surface area contributed by atoms with E-state index in [0.717, 1.165) is 30.6 Å². The largest absolute Gasteiger partial charge is 0.393 e. The summed E-state index contributed by atoms with van der Waals surface area (Å²) in [7, 11) is 2.27. The Bertz CT molecular complexity index is 249. The molecular formula is C16H31NO. The topological polar surface area (TPSA) is 23.5 Å². The third-order valence-corrected chi connectivity index (χ3v) is 5.08. The van der Waals surface area contributed by atoms with Crippen LogP contribution >= 0.6 is 0 Å². The third-order valence-electron chi connectivity index (χ3n) is 5.08. The van der Waals surface area contributed by atoms with Crippen LogP contribution in [-0.2, 0) is 0 Å². The summed E-state index contributed by atoms with van der Waals surface area (Å²) in [6.07, 6.45) is 8.86. The van der Waals surface area contributed by atoms with Crippen LogP contribution in [0.3, 0.4) is 0 Å². The van der Waals surface area contributed by atoms with Crippen LogP contribution in [0.25, 0.3) is 0 Å². The first-order valence-electron chi connectivity index (χ1n) is 7.96. The van der Waals surface area contributed by atoms with E-state index in [1.165, 1.54) is 38.6 Å². The van der Waals surface area contributed by atoms with E-state index in [4.69, 9.17) is 0 Å². The molecule has 106 valence electrons. The summed E-state index contributed by atoms with van der Waals surface area (Å²) in [5, 5.41) is 9.93. The van der Waals surface area contributed by atoms with Crippen molar-refractivity contribution in [2.75, 3.05) is 13.6 Å². The first-order valence-corrected chi connectivity index (χ1v) is 7.96. The second kappa shape index (κ2) is 6.38. The molecule has 2 aliphatic carbocycles. The van der Waals surface area contributed by atoms with Crippen LogP contribution in [-0.4, -0.2) is 35.7 Å². The minimum Gasteiger partial charge on any atom is -0.393 e. The fourth-order valence-electron chi connectivity index (χ4n) is 3.63. The predicted octanol–water partition coefficient (Wildman–Crippen LogP) is 3.29. The first-order chi connectivity index (χ1) is 8.58. The van der Waals surface area contributed by atoms with Crippen LogP contribution in [0.1, 0.15) is 58.8 Å². The Morgan fingerprint density at radius 1 is 1.17 bits per heavy atom. The average Bonchev–Trinajstić information content (AvgIpc) is 3.12. The molecule has 0 aromatic carbocycles. The van der Waals surface area contributed by atoms with Crippen molar-refractivity contribution < 1.29 is 5.11 Å². The zero-order chi connectivity index (χ0) is 13.1. The van der Waals surface area contributed by atoms with Gasteiger partial charge in [-0.05, 0) is 63.5 Å². The molecule has 0 radical (unpaired) electrons. The molecule has 2 nitrogen and oxygen atoms in total. The van der Waals surface area contributed by atoms with Gasteiger partial charge in [-0.15, -0.1) is 0 Å². The monoisotopic (exact) mass is 253 g/mol. The molecule has 3 unspecified atom stereocenters. The third kappa shape index (κ3) is 3.96. The van der Waals surface area contributed by atoms with Crippen LogP contribution < -0.4 is 0 Å². The molecule has 2 rings (SSSR count). The highest BCUT2D eigenvalue weighted by atomic mass is 16.3. The van der Waals surface area contributed by atoms with Gasteiger partial charge in [-0.3, -0.25) is 0 Å². The Hall–Kier alpha value is -0.0800. The van der Waals surface area contributed by atoms with Gasteiger partial charge >= 0.3 is 0 Å². The lowest BCUT2D eigenvalue weighted by atomic mass is 9.76. The second-order valence-corrected chi connectivity index (χ2v) is 7.01. The molecule has 1 N–H and O–H groups in total. The number of aliphatic hydroxyl groups is 1. The average molecular weight is 253 g/mol. The van der Waals surface area contributed by atoms with Gasteiger partial charge in [-0.1, -0.05) is 26.7 Å². The van der Waals surface area contributed by atoms with E-state index < -0.39 is 0 Å². The molecule has 0 bridgehead atoms. The van der Waals surface area contributed by atoms with Crippen LogP contribution in [0.4, 0.5) is 0 Å². The van der Waals surface area contributed by atoms with Gasteiger partial charge < -0.3 is 10.0 Å². The van der Waals surface area contributed by atoms with Crippen molar-refractivity contribution in [2.45, 2.75) is 70.9 Å². The molecule has 3 atom stereocenters. The highest BCUT2D eigenvalue weighted by Gasteiger charge is 2.33. The van der Waals surface area contributed by atoms with Crippen molar-refractivity contribution in [1.29, 1.82) is 0 Å². The van der Waals surface area contributed by atoms with Crippen molar-refractivity contribution in [2.24, 2.45) is 17.8 Å². The summed E-state index contributed by atoms with van der Waals surface area (Å²) < 4.78 is 0. The fourth-order valence-corrected chi connectivity index (χ4v) is 3.63. The standard InChI is InChI=1S/C16H31NO/c1-12(2)15-9-8-14(18)11-16(15)17(3)10-4-5-13-6-7-13/h12-16,18H,4-11H2,1-3H3. The molecule has 2 heteroatoms. The SMILES string of the molecule is CC(C)C1CCC(O)CC1N(C)CCCC1CC1. The summed E-state index contributed by atoms with van der Waals surface area (Å²) in [6.45, 7) is 5.90. The second-order valence-electron chi connectivity index (χ2n) is 7.01. The van der Waals surface area contributed by atoms with E-state index in [1.807, 2.05) is 0 Å². The number of rotatable bonds is 6. The van der Waals surface area contributed by atoms with Gasteiger partial charge in [-0.25, -0.2) is 0 Å². The molecule has 0 aliphatic heterocycles. The van der Waals surface area contributed by atoms with E-state index in [2.05, 4.69) is 25.8 Å². The summed E-state index contributed by atoms with van der Waals surface area (Å²) in [5.74, 6) is 2.57. The summed E-state index contributed by atoms with van der Waals surface area (Å²) >= 11 is 0. The Morgan fingerprint density at radius 3 is 2.50 bits per heavy atom. The molecule has 2 saturated carbocycles. The minimum atomic E-state index is -0.0594. The maximum Gasteiger partial charge on any atom is 0.0555 e. The number of aliphatic hydroxyl groups excluding tert-OH is 1. The molecular weight excluding hydrogens is 222 g/mol. The molecule has 0 aromatic heterocycles. The minimum absolute atomic E-state index is 0.0594. The summed E-state index contributed by atoms with van der Waals surface area (Å²) in [5.41, 5.74) is 0. The molecule has 0 amide bonds. The van der Waals surface area contributed by atoms with Crippen molar-refractivity contribution >= 4 is 0 Å². The van der Waals surface area contributed by atoms with E-state index in [-0.39, 0.29) is 6.10 Å². The maximum atomic E-state index is 9.93. The molecule has 2 fully saturated rings. The number of hydrogen-bond donors (Lipinski definition) is 1. The Kier molecular flexibility index (Phi) is 5.08. The Balaban J connectivity index is 1.80. The van der Waals surface area contributed by atoms with E-state index in [1.54, 1.807) is 0 Å². The van der Waals surface area contributed by atoms with E-state index in [9.17, 15) is 5.11 Å². The van der Waals surface area contributed by atoms with Gasteiger partial charge in [0.2, 0.25) is 0 Å². The summed E-state index contributed by atoms with van der Waals surface area (Å²) in [4.78, 5) is 2.54. The highest BCUT2D eigenvalue weighted by molar-refractivity contribution is 4.87. The summed E-state index contributed by atoms with van der Waals surface area (Å²) in [6, 6.07) is 0.605. The Labute approximate surface area is 113 Å². The number of hydrogen-bond acceptors (Lipinski definition) is 2. The molecule has 2 aliphatic rings. The zero-order valence-corrected chi connectivity index (χ0v) is 12.4. The van der Waals surface area contributed by atoms with Crippen molar-refractivity contribution in [3.8, 4) is 0 Å². The Morgan fingerprint density at radius 2 is 1.89 bits per heavy atom. The first kappa shape index (κ1) is 14.3. The van der Waals surface area contributed by atoms with E-state index >= 15 is 0 Å². The van der Waals surface area contributed by atoms with Gasteiger partial charge in [0.15, 0.2) is 0 Å². The fraction of sp³-hybridized carbons (Fsp3) is 1.00. The van der Waals surface area contributed by atoms with Crippen LogP contribution in [0.5, 0.6) is 0 Å². The van der Waals surface area contributed by atoms with E-state index in [0.29, 0.717) is 6.04 Å². The smallest absolute Gasteiger partial charge is 0.0555 e.